The maximum atomic E-state index is 9.82. The average Bonchev–Trinajstić information content (AvgIpc) is 2.73. The van der Waals surface area contributed by atoms with E-state index in [2.05, 4.69) is 26.1 Å². The zero-order chi connectivity index (χ0) is 10.1. The average molecular weight is 258 g/mol. The topological polar surface area (TPSA) is 64.1 Å². The highest BCUT2D eigenvalue weighted by Gasteiger charge is 2.15. The van der Waals surface area contributed by atoms with Crippen LogP contribution < -0.4 is 0 Å². The third-order valence-corrected chi connectivity index (χ3v) is 2.22. The van der Waals surface area contributed by atoms with E-state index in [1.54, 1.807) is 13.1 Å². The summed E-state index contributed by atoms with van der Waals surface area (Å²) in [5.74, 6) is 0. The number of hydrogen-bond donors (Lipinski definition) is 1. The zero-order valence-corrected chi connectivity index (χ0v) is 8.97. The van der Waals surface area contributed by atoms with Crippen LogP contribution in [0, 0.1) is 0 Å². The number of rotatable bonds is 2. The number of aliphatic hydroxyl groups is 1. The Kier molecular flexibility index (Phi) is 2.39. The molecule has 0 aliphatic rings. The van der Waals surface area contributed by atoms with Gasteiger partial charge in [0, 0.05) is 12.6 Å². The number of furan rings is 1. The molecule has 1 unspecified atom stereocenters. The highest BCUT2D eigenvalue weighted by atomic mass is 79.9. The van der Waals surface area contributed by atoms with Crippen molar-refractivity contribution < 1.29 is 9.52 Å². The smallest absolute Gasteiger partial charge is 0.169 e. The van der Waals surface area contributed by atoms with Crippen molar-refractivity contribution in [3.8, 4) is 0 Å². The van der Waals surface area contributed by atoms with Crippen molar-refractivity contribution in [3.05, 3.63) is 34.5 Å². The molecule has 2 rings (SSSR count). The Hall–Kier alpha value is -1.14. The standard InChI is InChI=1S/C8H8BrN3O2/c1-12-10-3-6(11-12)8(13)5-2-7(9)14-4-5/h2-4,8,13H,1H3. The van der Waals surface area contributed by atoms with E-state index >= 15 is 0 Å². The number of aromatic nitrogens is 3. The summed E-state index contributed by atoms with van der Waals surface area (Å²) in [6.07, 6.45) is 2.20. The molecule has 0 aromatic carbocycles. The molecule has 0 spiro atoms. The lowest BCUT2D eigenvalue weighted by Crippen LogP contribution is -2.00. The molecule has 0 aliphatic heterocycles. The van der Waals surface area contributed by atoms with Crippen LogP contribution in [0.2, 0.25) is 0 Å². The summed E-state index contributed by atoms with van der Waals surface area (Å²) >= 11 is 3.16. The summed E-state index contributed by atoms with van der Waals surface area (Å²) in [6.45, 7) is 0. The van der Waals surface area contributed by atoms with Crippen molar-refractivity contribution in [2.24, 2.45) is 7.05 Å². The second-order valence-corrected chi connectivity index (χ2v) is 3.63. The zero-order valence-electron chi connectivity index (χ0n) is 7.38. The minimum Gasteiger partial charge on any atom is -0.457 e. The summed E-state index contributed by atoms with van der Waals surface area (Å²) in [5.41, 5.74) is 1.15. The van der Waals surface area contributed by atoms with Crippen LogP contribution in [0.15, 0.2) is 27.6 Å². The van der Waals surface area contributed by atoms with E-state index in [9.17, 15) is 5.11 Å². The van der Waals surface area contributed by atoms with Crippen molar-refractivity contribution in [1.29, 1.82) is 0 Å². The number of nitrogens with zero attached hydrogens (tertiary/aromatic N) is 3. The molecule has 74 valence electrons. The molecule has 0 aliphatic carbocycles. The lowest BCUT2D eigenvalue weighted by Gasteiger charge is -2.01. The molecule has 0 bridgehead atoms. The van der Waals surface area contributed by atoms with Gasteiger partial charge in [-0.2, -0.15) is 15.0 Å². The Morgan fingerprint density at radius 2 is 2.43 bits per heavy atom. The third-order valence-electron chi connectivity index (χ3n) is 1.80. The van der Waals surface area contributed by atoms with Gasteiger partial charge in [-0.25, -0.2) is 0 Å². The lowest BCUT2D eigenvalue weighted by molar-refractivity contribution is 0.213. The van der Waals surface area contributed by atoms with Crippen LogP contribution >= 0.6 is 15.9 Å². The van der Waals surface area contributed by atoms with Gasteiger partial charge in [0.1, 0.15) is 11.8 Å². The molecule has 1 atom stereocenters. The third kappa shape index (κ3) is 1.71. The second kappa shape index (κ2) is 3.55. The minimum absolute atomic E-state index is 0.501. The van der Waals surface area contributed by atoms with E-state index in [1.165, 1.54) is 17.3 Å². The van der Waals surface area contributed by atoms with Crippen LogP contribution in [0.4, 0.5) is 0 Å². The SMILES string of the molecule is Cn1ncc(C(O)c2coc(Br)c2)n1. The number of aryl methyl sites for hydroxylation is 1. The van der Waals surface area contributed by atoms with Gasteiger partial charge in [0.25, 0.3) is 0 Å². The summed E-state index contributed by atoms with van der Waals surface area (Å²) in [5, 5.41) is 17.7. The van der Waals surface area contributed by atoms with Gasteiger partial charge < -0.3 is 9.52 Å². The van der Waals surface area contributed by atoms with Crippen molar-refractivity contribution in [2.45, 2.75) is 6.10 Å². The molecule has 0 amide bonds. The Morgan fingerprint density at radius 3 is 2.93 bits per heavy atom. The number of hydrogen-bond acceptors (Lipinski definition) is 4. The summed E-state index contributed by atoms with van der Waals surface area (Å²) in [6, 6.07) is 1.69. The molecule has 0 saturated heterocycles. The molecule has 14 heavy (non-hydrogen) atoms. The molecular formula is C8H8BrN3O2. The summed E-state index contributed by atoms with van der Waals surface area (Å²) in [4.78, 5) is 1.40. The van der Waals surface area contributed by atoms with Gasteiger partial charge in [-0.3, -0.25) is 0 Å². The molecule has 2 heterocycles. The normalized spacial score (nSPS) is 13.1. The number of aliphatic hydroxyl groups excluding tert-OH is 1. The van der Waals surface area contributed by atoms with E-state index in [0.29, 0.717) is 15.9 Å². The van der Waals surface area contributed by atoms with Crippen LogP contribution in [0.1, 0.15) is 17.4 Å². The first-order valence-corrected chi connectivity index (χ1v) is 4.74. The molecule has 0 fully saturated rings. The molecule has 5 nitrogen and oxygen atoms in total. The van der Waals surface area contributed by atoms with Crippen LogP contribution in [0.3, 0.4) is 0 Å². The quantitative estimate of drug-likeness (QED) is 0.880. The van der Waals surface area contributed by atoms with Crippen LogP contribution in [0.25, 0.3) is 0 Å². The van der Waals surface area contributed by atoms with Crippen LogP contribution in [-0.4, -0.2) is 20.1 Å². The Morgan fingerprint density at radius 1 is 1.64 bits per heavy atom. The van der Waals surface area contributed by atoms with Gasteiger partial charge in [0.05, 0.1) is 12.5 Å². The fourth-order valence-corrected chi connectivity index (χ4v) is 1.48. The minimum atomic E-state index is -0.793. The predicted octanol–water partition coefficient (Wildman–Crippen LogP) is 1.25. The monoisotopic (exact) mass is 257 g/mol. The first-order chi connectivity index (χ1) is 6.66. The van der Waals surface area contributed by atoms with Gasteiger partial charge in [0.15, 0.2) is 4.67 Å². The van der Waals surface area contributed by atoms with Crippen LogP contribution in [0.5, 0.6) is 0 Å². The first kappa shape index (κ1) is 9.42. The fourth-order valence-electron chi connectivity index (χ4n) is 1.12. The van der Waals surface area contributed by atoms with E-state index < -0.39 is 6.10 Å². The summed E-state index contributed by atoms with van der Waals surface area (Å²) in [7, 11) is 1.70. The predicted molar refractivity (Wildman–Crippen MR) is 51.5 cm³/mol. The van der Waals surface area contributed by atoms with Gasteiger partial charge in [-0.15, -0.1) is 0 Å². The van der Waals surface area contributed by atoms with Gasteiger partial charge in [-0.05, 0) is 22.0 Å². The molecule has 6 heteroatoms. The van der Waals surface area contributed by atoms with E-state index in [-0.39, 0.29) is 0 Å². The molecule has 1 N–H and O–H groups in total. The Bertz CT molecular complexity index is 397. The highest BCUT2D eigenvalue weighted by Crippen LogP contribution is 2.24. The first-order valence-electron chi connectivity index (χ1n) is 3.95. The molecule has 2 aromatic heterocycles. The molecular weight excluding hydrogens is 250 g/mol. The van der Waals surface area contributed by atoms with Crippen molar-refractivity contribution in [1.82, 2.24) is 15.0 Å². The Labute approximate surface area is 88.5 Å². The van der Waals surface area contributed by atoms with E-state index in [0.717, 1.165) is 0 Å². The van der Waals surface area contributed by atoms with E-state index in [4.69, 9.17) is 4.42 Å². The van der Waals surface area contributed by atoms with E-state index in [1.807, 2.05) is 0 Å². The van der Waals surface area contributed by atoms with Gasteiger partial charge in [-0.1, -0.05) is 0 Å². The maximum absolute atomic E-state index is 9.82. The van der Waals surface area contributed by atoms with Crippen molar-refractivity contribution in [3.63, 3.8) is 0 Å². The summed E-state index contributed by atoms with van der Waals surface area (Å²) < 4.78 is 5.59. The number of halogens is 1. The largest absolute Gasteiger partial charge is 0.457 e. The van der Waals surface area contributed by atoms with Gasteiger partial charge >= 0.3 is 0 Å². The Balaban J connectivity index is 2.28. The fraction of sp³-hybridized carbons (Fsp3) is 0.250. The molecule has 0 saturated carbocycles. The van der Waals surface area contributed by atoms with Crippen molar-refractivity contribution >= 4 is 15.9 Å². The maximum Gasteiger partial charge on any atom is 0.169 e. The molecule has 2 aromatic rings. The van der Waals surface area contributed by atoms with Crippen LogP contribution in [-0.2, 0) is 7.05 Å². The lowest BCUT2D eigenvalue weighted by atomic mass is 10.1. The van der Waals surface area contributed by atoms with Crippen molar-refractivity contribution in [2.75, 3.05) is 0 Å². The van der Waals surface area contributed by atoms with Gasteiger partial charge in [0.2, 0.25) is 0 Å². The highest BCUT2D eigenvalue weighted by molar-refractivity contribution is 9.10. The second-order valence-electron chi connectivity index (χ2n) is 2.85. The molecule has 0 radical (unpaired) electrons.